The zero-order valence-electron chi connectivity index (χ0n) is 17.7. The first kappa shape index (κ1) is 21.4. The Morgan fingerprint density at radius 2 is 1.81 bits per heavy atom. The molecule has 1 saturated heterocycles. The van der Waals surface area contributed by atoms with Crippen molar-refractivity contribution in [2.75, 3.05) is 38.0 Å². The highest BCUT2D eigenvalue weighted by Gasteiger charge is 2.21. The number of benzene rings is 1. The smallest absolute Gasteiger partial charge is 0.308 e. The molecule has 0 bridgehead atoms. The normalized spacial score (nSPS) is 15.1. The number of nitrogens with one attached hydrogen (secondary N) is 1. The van der Waals surface area contributed by atoms with Gasteiger partial charge in [-0.05, 0) is 30.2 Å². The standard InChI is InChI=1S/C23H27N5O2S/c1-2-18-7-3-4-8-19(18)25-22(29)15-26-11-13-27(14-12-26)17-28-21(16-31-23(28)30)20-9-5-6-10-24-20/h3-10,16H,2,11-15,17H2,1H3,(H,25,29). The molecule has 1 N–H and O–H groups in total. The number of carbonyl (C=O) groups excluding carboxylic acids is 1. The topological polar surface area (TPSA) is 70.5 Å². The van der Waals surface area contributed by atoms with Crippen molar-refractivity contribution in [3.05, 3.63) is 69.3 Å². The molecule has 1 fully saturated rings. The van der Waals surface area contributed by atoms with Gasteiger partial charge in [-0.2, -0.15) is 0 Å². The molecule has 0 saturated carbocycles. The first-order valence-electron chi connectivity index (χ1n) is 10.6. The summed E-state index contributed by atoms with van der Waals surface area (Å²) in [6.07, 6.45) is 2.63. The lowest BCUT2D eigenvalue weighted by atomic mass is 10.1. The maximum atomic E-state index is 12.5. The second-order valence-electron chi connectivity index (χ2n) is 7.62. The minimum absolute atomic E-state index is 0.0147. The van der Waals surface area contributed by atoms with E-state index < -0.39 is 0 Å². The van der Waals surface area contributed by atoms with Crippen LogP contribution in [0.5, 0.6) is 0 Å². The van der Waals surface area contributed by atoms with Gasteiger partial charge >= 0.3 is 4.87 Å². The van der Waals surface area contributed by atoms with Gasteiger partial charge in [-0.25, -0.2) is 0 Å². The van der Waals surface area contributed by atoms with Crippen LogP contribution in [-0.4, -0.2) is 58.0 Å². The summed E-state index contributed by atoms with van der Waals surface area (Å²) in [6.45, 7) is 6.21. The van der Waals surface area contributed by atoms with E-state index in [9.17, 15) is 9.59 Å². The van der Waals surface area contributed by atoms with Crippen LogP contribution in [0.4, 0.5) is 5.69 Å². The SMILES string of the molecule is CCc1ccccc1NC(=O)CN1CCN(Cn2c(-c3ccccn3)csc2=O)CC1. The van der Waals surface area contributed by atoms with Crippen LogP contribution in [0, 0.1) is 0 Å². The van der Waals surface area contributed by atoms with Crippen LogP contribution in [0.2, 0.25) is 0 Å². The zero-order chi connectivity index (χ0) is 21.6. The van der Waals surface area contributed by atoms with Gasteiger partial charge in [-0.3, -0.25) is 28.9 Å². The third-order valence-corrected chi connectivity index (χ3v) is 6.32. The fourth-order valence-corrected chi connectivity index (χ4v) is 4.55. The van der Waals surface area contributed by atoms with Crippen molar-refractivity contribution >= 4 is 22.9 Å². The number of hydrogen-bond acceptors (Lipinski definition) is 6. The summed E-state index contributed by atoms with van der Waals surface area (Å²) in [6, 6.07) is 13.6. The summed E-state index contributed by atoms with van der Waals surface area (Å²) < 4.78 is 1.79. The van der Waals surface area contributed by atoms with Crippen molar-refractivity contribution < 1.29 is 4.79 Å². The van der Waals surface area contributed by atoms with Crippen molar-refractivity contribution in [3.8, 4) is 11.4 Å². The van der Waals surface area contributed by atoms with E-state index in [2.05, 4.69) is 27.0 Å². The van der Waals surface area contributed by atoms with Crippen LogP contribution >= 0.6 is 11.3 Å². The van der Waals surface area contributed by atoms with Gasteiger partial charge in [0.2, 0.25) is 5.91 Å². The molecule has 162 valence electrons. The van der Waals surface area contributed by atoms with Crippen LogP contribution in [0.25, 0.3) is 11.4 Å². The molecule has 0 atom stereocenters. The van der Waals surface area contributed by atoms with E-state index in [-0.39, 0.29) is 10.8 Å². The lowest BCUT2D eigenvalue weighted by molar-refractivity contribution is -0.117. The van der Waals surface area contributed by atoms with Gasteiger partial charge in [0.15, 0.2) is 0 Å². The number of hydrogen-bond donors (Lipinski definition) is 1. The van der Waals surface area contributed by atoms with Crippen LogP contribution < -0.4 is 10.2 Å². The largest absolute Gasteiger partial charge is 0.325 e. The Morgan fingerprint density at radius 1 is 1.06 bits per heavy atom. The fourth-order valence-electron chi connectivity index (χ4n) is 3.81. The Balaban J connectivity index is 1.31. The van der Waals surface area contributed by atoms with E-state index in [1.807, 2.05) is 47.8 Å². The molecule has 0 radical (unpaired) electrons. The van der Waals surface area contributed by atoms with E-state index in [1.54, 1.807) is 10.8 Å². The predicted molar refractivity (Wildman–Crippen MR) is 124 cm³/mol. The molecule has 1 amide bonds. The lowest BCUT2D eigenvalue weighted by Crippen LogP contribution is -2.49. The third kappa shape index (κ3) is 5.28. The van der Waals surface area contributed by atoms with Gasteiger partial charge in [0.1, 0.15) is 0 Å². The number of amides is 1. The lowest BCUT2D eigenvalue weighted by Gasteiger charge is -2.34. The minimum atomic E-state index is 0.0147. The first-order chi connectivity index (χ1) is 15.1. The number of para-hydroxylation sites is 1. The zero-order valence-corrected chi connectivity index (χ0v) is 18.5. The molecule has 1 aromatic carbocycles. The molecule has 7 nitrogen and oxygen atoms in total. The van der Waals surface area contributed by atoms with Crippen LogP contribution in [0.15, 0.2) is 58.8 Å². The molecular weight excluding hydrogens is 410 g/mol. The highest BCUT2D eigenvalue weighted by atomic mass is 32.1. The van der Waals surface area contributed by atoms with Gasteiger partial charge in [0, 0.05) is 43.4 Å². The van der Waals surface area contributed by atoms with Crippen LogP contribution in [-0.2, 0) is 17.9 Å². The Bertz CT molecular complexity index is 1070. The quantitative estimate of drug-likeness (QED) is 0.616. The molecular formula is C23H27N5O2S. The molecule has 3 heterocycles. The first-order valence-corrected chi connectivity index (χ1v) is 11.4. The van der Waals surface area contributed by atoms with E-state index in [0.29, 0.717) is 13.2 Å². The summed E-state index contributed by atoms with van der Waals surface area (Å²) in [7, 11) is 0. The number of carbonyl (C=O) groups is 1. The number of aryl methyl sites for hydroxylation is 1. The van der Waals surface area contributed by atoms with Gasteiger partial charge in [-0.15, -0.1) is 0 Å². The van der Waals surface area contributed by atoms with Crippen molar-refractivity contribution in [1.29, 1.82) is 0 Å². The van der Waals surface area contributed by atoms with Gasteiger partial charge < -0.3 is 5.32 Å². The van der Waals surface area contributed by atoms with Gasteiger partial charge in [0.25, 0.3) is 0 Å². The number of piperazine rings is 1. The average molecular weight is 438 g/mol. The number of thiazole rings is 1. The van der Waals surface area contributed by atoms with Crippen LogP contribution in [0.1, 0.15) is 12.5 Å². The summed E-state index contributed by atoms with van der Waals surface area (Å²) in [4.78, 5) is 33.7. The molecule has 1 aliphatic heterocycles. The van der Waals surface area contributed by atoms with Crippen molar-refractivity contribution in [2.24, 2.45) is 0 Å². The number of rotatable bonds is 7. The second kappa shape index (κ2) is 10.00. The Labute approximate surface area is 186 Å². The predicted octanol–water partition coefficient (Wildman–Crippen LogP) is 2.75. The molecule has 0 aliphatic carbocycles. The molecule has 4 rings (SSSR count). The number of aromatic nitrogens is 2. The Morgan fingerprint density at radius 3 is 2.55 bits per heavy atom. The third-order valence-electron chi connectivity index (χ3n) is 5.56. The van der Waals surface area contributed by atoms with E-state index in [4.69, 9.17) is 0 Å². The van der Waals surface area contributed by atoms with E-state index >= 15 is 0 Å². The number of nitrogens with zero attached hydrogens (tertiary/aromatic N) is 4. The molecule has 0 unspecified atom stereocenters. The second-order valence-corrected chi connectivity index (χ2v) is 8.44. The van der Waals surface area contributed by atoms with Crippen molar-refractivity contribution in [3.63, 3.8) is 0 Å². The minimum Gasteiger partial charge on any atom is -0.325 e. The molecule has 31 heavy (non-hydrogen) atoms. The Hall–Kier alpha value is -2.81. The fraction of sp³-hybridized carbons (Fsp3) is 0.348. The van der Waals surface area contributed by atoms with E-state index in [0.717, 1.165) is 55.2 Å². The maximum absolute atomic E-state index is 12.5. The van der Waals surface area contributed by atoms with Gasteiger partial charge in [0.05, 0.1) is 24.6 Å². The van der Waals surface area contributed by atoms with Crippen LogP contribution in [0.3, 0.4) is 0 Å². The van der Waals surface area contributed by atoms with Crippen molar-refractivity contribution in [1.82, 2.24) is 19.4 Å². The summed E-state index contributed by atoms with van der Waals surface area (Å²) in [5.41, 5.74) is 3.70. The monoisotopic (exact) mass is 437 g/mol. The maximum Gasteiger partial charge on any atom is 0.308 e. The number of pyridine rings is 1. The molecule has 2 aromatic heterocycles. The molecule has 0 spiro atoms. The molecule has 3 aromatic rings. The molecule has 8 heteroatoms. The highest BCUT2D eigenvalue weighted by Crippen LogP contribution is 2.18. The van der Waals surface area contributed by atoms with Crippen molar-refractivity contribution in [2.45, 2.75) is 20.0 Å². The summed E-state index contributed by atoms with van der Waals surface area (Å²) in [5.74, 6) is 0.0147. The van der Waals surface area contributed by atoms with E-state index in [1.165, 1.54) is 11.3 Å². The summed E-state index contributed by atoms with van der Waals surface area (Å²) in [5, 5.41) is 4.92. The van der Waals surface area contributed by atoms with Gasteiger partial charge in [-0.1, -0.05) is 42.5 Å². The summed E-state index contributed by atoms with van der Waals surface area (Å²) >= 11 is 1.20. The molecule has 1 aliphatic rings. The number of anilines is 1. The average Bonchev–Trinajstić information content (AvgIpc) is 3.16. The Kier molecular flexibility index (Phi) is 6.91. The highest BCUT2D eigenvalue weighted by molar-refractivity contribution is 7.07.